The number of thiazole rings is 1. The van der Waals surface area contributed by atoms with Crippen molar-refractivity contribution in [3.63, 3.8) is 0 Å². The van der Waals surface area contributed by atoms with Gasteiger partial charge in [0.1, 0.15) is 12.4 Å². The normalized spacial score (nSPS) is 15.6. The number of alkyl halides is 3. The van der Waals surface area contributed by atoms with Gasteiger partial charge in [0, 0.05) is 5.02 Å². The van der Waals surface area contributed by atoms with Crippen molar-refractivity contribution >= 4 is 80.2 Å². The Morgan fingerprint density at radius 3 is 2.44 bits per heavy atom. The molecule has 4 rings (SSSR count). The van der Waals surface area contributed by atoms with E-state index >= 15 is 0 Å². The van der Waals surface area contributed by atoms with Crippen LogP contribution in [0.25, 0.3) is 6.08 Å². The Labute approximate surface area is 256 Å². The molecule has 0 N–H and O–H groups in total. The van der Waals surface area contributed by atoms with Crippen LogP contribution < -0.4 is 19.6 Å². The molecule has 0 saturated carbocycles. The van der Waals surface area contributed by atoms with Gasteiger partial charge in [0.25, 0.3) is 5.56 Å². The summed E-state index contributed by atoms with van der Waals surface area (Å²) in [6.45, 7) is 5.28. The standard InChI is InChI=1S/C26H18ClF3I2N2O4S/c1-3-9-38-21-16(31)10-13(11-17(21)32)12-18-23(35)34-20(14-5-7-15(27)8-6-14)19(24(36)37-4-2)22(26(28,29)30)33-25(34)39-18/h3,5-8,10-12,20H,1,4,9H2,2H3/b18-12-/t20-/m0/s1. The van der Waals surface area contributed by atoms with Gasteiger partial charge in [-0.05, 0) is 93.6 Å². The predicted molar refractivity (Wildman–Crippen MR) is 160 cm³/mol. The van der Waals surface area contributed by atoms with Crippen molar-refractivity contribution in [2.24, 2.45) is 4.99 Å². The number of hydrogen-bond donors (Lipinski definition) is 0. The highest BCUT2D eigenvalue weighted by Gasteiger charge is 2.45. The van der Waals surface area contributed by atoms with E-state index in [9.17, 15) is 22.8 Å². The Balaban J connectivity index is 1.98. The molecule has 0 amide bonds. The molecule has 6 nitrogen and oxygen atoms in total. The molecule has 0 saturated heterocycles. The first-order chi connectivity index (χ1) is 18.5. The summed E-state index contributed by atoms with van der Waals surface area (Å²) < 4.78 is 56.1. The van der Waals surface area contributed by atoms with Crippen molar-refractivity contribution in [2.75, 3.05) is 13.2 Å². The SMILES string of the molecule is C=CCOc1c(I)cc(/C=c2\sc3n(c2=O)[C@@H](c2ccc(Cl)cc2)C(C(=O)OCC)=C(C(F)(F)F)N=3)cc1I. The molecular formula is C26H18ClF3I2N2O4S. The van der Waals surface area contributed by atoms with E-state index < -0.39 is 35.0 Å². The lowest BCUT2D eigenvalue weighted by molar-refractivity contribution is -0.140. The van der Waals surface area contributed by atoms with Crippen LogP contribution in [0.5, 0.6) is 5.75 Å². The van der Waals surface area contributed by atoms with Crippen molar-refractivity contribution in [3.05, 3.63) is 103 Å². The van der Waals surface area contributed by atoms with Gasteiger partial charge in [-0.1, -0.05) is 47.7 Å². The van der Waals surface area contributed by atoms with Crippen LogP contribution in [0.15, 0.2) is 70.1 Å². The number of carbonyl (C=O) groups excluding carboxylic acids is 1. The van der Waals surface area contributed by atoms with E-state index in [4.69, 9.17) is 21.1 Å². The molecule has 2 heterocycles. The van der Waals surface area contributed by atoms with E-state index in [1.54, 1.807) is 24.3 Å². The molecule has 204 valence electrons. The van der Waals surface area contributed by atoms with Gasteiger partial charge in [-0.2, -0.15) is 13.2 Å². The lowest BCUT2D eigenvalue weighted by atomic mass is 9.95. The summed E-state index contributed by atoms with van der Waals surface area (Å²) in [5.41, 5.74) is -1.87. The number of ether oxygens (including phenoxy) is 2. The zero-order chi connectivity index (χ0) is 28.5. The topological polar surface area (TPSA) is 69.9 Å². The van der Waals surface area contributed by atoms with E-state index in [0.29, 0.717) is 22.9 Å². The van der Waals surface area contributed by atoms with Gasteiger partial charge in [0.15, 0.2) is 10.5 Å². The third kappa shape index (κ3) is 6.28. The van der Waals surface area contributed by atoms with Gasteiger partial charge >= 0.3 is 12.1 Å². The maximum atomic E-state index is 14.2. The van der Waals surface area contributed by atoms with E-state index in [1.807, 2.05) is 0 Å². The fourth-order valence-corrected chi connectivity index (χ4v) is 7.15. The fraction of sp³-hybridized carbons (Fsp3) is 0.192. The van der Waals surface area contributed by atoms with Gasteiger partial charge in [-0.25, -0.2) is 9.79 Å². The molecule has 0 fully saturated rings. The lowest BCUT2D eigenvalue weighted by Gasteiger charge is -2.26. The quantitative estimate of drug-likeness (QED) is 0.173. The van der Waals surface area contributed by atoms with Crippen LogP contribution in [0.3, 0.4) is 0 Å². The monoisotopic (exact) mass is 800 g/mol. The molecule has 1 aromatic heterocycles. The highest BCUT2D eigenvalue weighted by molar-refractivity contribution is 14.1. The predicted octanol–water partition coefficient (Wildman–Crippen LogP) is 5.77. The molecule has 13 heteroatoms. The maximum Gasteiger partial charge on any atom is 0.434 e. The Morgan fingerprint density at radius 1 is 1.23 bits per heavy atom. The molecule has 0 aliphatic carbocycles. The minimum absolute atomic E-state index is 0.144. The number of benzene rings is 2. The minimum atomic E-state index is -4.98. The summed E-state index contributed by atoms with van der Waals surface area (Å²) >= 11 is 11.0. The number of aromatic nitrogens is 1. The zero-order valence-corrected chi connectivity index (χ0v) is 25.9. The number of allylic oxidation sites excluding steroid dienone is 1. The number of fused-ring (bicyclic) bond motifs is 1. The highest BCUT2D eigenvalue weighted by Crippen LogP contribution is 2.38. The largest absolute Gasteiger partial charge is 0.487 e. The van der Waals surface area contributed by atoms with Crippen molar-refractivity contribution in [3.8, 4) is 5.75 Å². The van der Waals surface area contributed by atoms with Crippen LogP contribution in [-0.4, -0.2) is 29.9 Å². The summed E-state index contributed by atoms with van der Waals surface area (Å²) in [6.07, 6.45) is -1.78. The molecule has 1 atom stereocenters. The first-order valence-corrected chi connectivity index (χ1v) is 14.6. The molecule has 39 heavy (non-hydrogen) atoms. The molecule has 0 unspecified atom stereocenters. The van der Waals surface area contributed by atoms with Crippen LogP contribution in [-0.2, 0) is 9.53 Å². The third-order valence-electron chi connectivity index (χ3n) is 5.44. The number of esters is 1. The van der Waals surface area contributed by atoms with E-state index in [2.05, 4.69) is 56.8 Å². The molecule has 0 bridgehead atoms. The van der Waals surface area contributed by atoms with Gasteiger partial charge in [-0.3, -0.25) is 9.36 Å². The average molecular weight is 801 g/mol. The Bertz CT molecular complexity index is 1640. The highest BCUT2D eigenvalue weighted by atomic mass is 127. The van der Waals surface area contributed by atoms with Crippen LogP contribution in [0.2, 0.25) is 5.02 Å². The van der Waals surface area contributed by atoms with E-state index in [1.165, 1.54) is 31.2 Å². The zero-order valence-electron chi connectivity index (χ0n) is 20.0. The Hall–Kier alpha value is -2.17. The van der Waals surface area contributed by atoms with Gasteiger partial charge in [0.05, 0.1) is 29.9 Å². The van der Waals surface area contributed by atoms with Gasteiger partial charge < -0.3 is 9.47 Å². The number of nitrogens with zero attached hydrogens (tertiary/aromatic N) is 2. The van der Waals surface area contributed by atoms with Crippen LogP contribution >= 0.6 is 68.1 Å². The molecule has 2 aromatic carbocycles. The Kier molecular flexibility index (Phi) is 9.28. The second-order valence-corrected chi connectivity index (χ2v) is 11.8. The molecule has 1 aliphatic heterocycles. The summed E-state index contributed by atoms with van der Waals surface area (Å²) in [7, 11) is 0. The van der Waals surface area contributed by atoms with E-state index in [-0.39, 0.29) is 21.5 Å². The molecule has 0 spiro atoms. The number of carbonyl (C=O) groups is 1. The number of rotatable bonds is 7. The molecule has 0 radical (unpaired) electrons. The van der Waals surface area contributed by atoms with Crippen molar-refractivity contribution < 1.29 is 27.4 Å². The van der Waals surface area contributed by atoms with Crippen molar-refractivity contribution in [1.82, 2.24) is 4.57 Å². The first-order valence-electron chi connectivity index (χ1n) is 11.2. The summed E-state index contributed by atoms with van der Waals surface area (Å²) in [4.78, 5) is 30.2. The second kappa shape index (κ2) is 12.1. The van der Waals surface area contributed by atoms with Gasteiger partial charge in [-0.15, -0.1) is 0 Å². The van der Waals surface area contributed by atoms with Crippen molar-refractivity contribution in [2.45, 2.75) is 19.1 Å². The fourth-order valence-electron chi connectivity index (χ4n) is 3.90. The molecule has 1 aliphatic rings. The lowest BCUT2D eigenvalue weighted by Crippen LogP contribution is -2.41. The second-order valence-electron chi connectivity index (χ2n) is 8.03. The van der Waals surface area contributed by atoms with Crippen LogP contribution in [0.4, 0.5) is 13.2 Å². The third-order valence-corrected chi connectivity index (χ3v) is 8.28. The minimum Gasteiger partial charge on any atom is -0.487 e. The average Bonchev–Trinajstić information content (AvgIpc) is 3.17. The summed E-state index contributed by atoms with van der Waals surface area (Å²) in [5, 5.41) is 0.341. The van der Waals surface area contributed by atoms with Crippen LogP contribution in [0.1, 0.15) is 24.1 Å². The summed E-state index contributed by atoms with van der Waals surface area (Å²) in [5.74, 6) is -0.548. The molecular weight excluding hydrogens is 783 g/mol. The van der Waals surface area contributed by atoms with Crippen molar-refractivity contribution in [1.29, 1.82) is 0 Å². The Morgan fingerprint density at radius 2 is 1.87 bits per heavy atom. The number of halogens is 6. The smallest absolute Gasteiger partial charge is 0.434 e. The molecule has 3 aromatic rings. The summed E-state index contributed by atoms with van der Waals surface area (Å²) in [6, 6.07) is 8.05. The first kappa shape index (κ1) is 29.8. The van der Waals surface area contributed by atoms with E-state index in [0.717, 1.165) is 23.0 Å². The number of hydrogen-bond acceptors (Lipinski definition) is 6. The maximum absolute atomic E-state index is 14.2. The van der Waals surface area contributed by atoms with Gasteiger partial charge in [0.2, 0.25) is 0 Å². The van der Waals surface area contributed by atoms with Crippen LogP contribution in [0, 0.1) is 7.14 Å².